The molecule has 3 rings (SSSR count). The molecule has 0 bridgehead atoms. The number of hydrogen-bond donors (Lipinski definition) is 1. The molecule has 0 saturated heterocycles. The van der Waals surface area contributed by atoms with E-state index in [-0.39, 0.29) is 5.69 Å². The van der Waals surface area contributed by atoms with E-state index in [9.17, 15) is 18.0 Å². The van der Waals surface area contributed by atoms with Crippen molar-refractivity contribution in [2.45, 2.75) is 18.7 Å². The first kappa shape index (κ1) is 15.7. The molecule has 0 radical (unpaired) electrons. The van der Waals surface area contributed by atoms with Crippen LogP contribution in [0.3, 0.4) is 0 Å². The van der Waals surface area contributed by atoms with E-state index in [0.717, 1.165) is 17.7 Å². The number of nitrogens with one attached hydrogen (secondary N) is 1. The quantitative estimate of drug-likeness (QED) is 0.884. The van der Waals surface area contributed by atoms with Gasteiger partial charge in [-0.05, 0) is 29.8 Å². The minimum atomic E-state index is -4.59. The number of hydrogen-bond acceptors (Lipinski definition) is 2. The van der Waals surface area contributed by atoms with E-state index in [0.29, 0.717) is 12.2 Å². The normalized spacial score (nSPS) is 16.6. The number of carbonyl (C=O) groups is 1. The van der Waals surface area contributed by atoms with E-state index < -0.39 is 28.8 Å². The summed E-state index contributed by atoms with van der Waals surface area (Å²) in [4.78, 5) is 12.2. The number of benzene rings is 2. The Kier molecular flexibility index (Phi) is 3.93. The van der Waals surface area contributed by atoms with E-state index in [2.05, 4.69) is 5.32 Å². The molecule has 3 nitrogen and oxygen atoms in total. The van der Waals surface area contributed by atoms with Crippen molar-refractivity contribution in [1.29, 1.82) is 0 Å². The van der Waals surface area contributed by atoms with Gasteiger partial charge in [0.1, 0.15) is 5.75 Å². The van der Waals surface area contributed by atoms with Crippen LogP contribution in [0.25, 0.3) is 0 Å². The third-order valence-electron chi connectivity index (χ3n) is 3.48. The van der Waals surface area contributed by atoms with Gasteiger partial charge in [0.2, 0.25) is 0 Å². The van der Waals surface area contributed by atoms with Gasteiger partial charge < -0.3 is 10.1 Å². The average Bonchev–Trinajstić information content (AvgIpc) is 2.92. The molecule has 7 heteroatoms. The third kappa shape index (κ3) is 3.27. The molecule has 1 amide bonds. The highest BCUT2D eigenvalue weighted by Gasteiger charge is 2.34. The number of fused-ring (bicyclic) bond motifs is 1. The second-order valence-electron chi connectivity index (χ2n) is 5.10. The molecule has 1 N–H and O–H groups in total. The highest BCUT2D eigenvalue weighted by Crippen LogP contribution is 2.36. The second kappa shape index (κ2) is 5.77. The van der Waals surface area contributed by atoms with Gasteiger partial charge in [-0.15, -0.1) is 0 Å². The molecule has 2 aromatic carbocycles. The summed E-state index contributed by atoms with van der Waals surface area (Å²) in [7, 11) is 0. The summed E-state index contributed by atoms with van der Waals surface area (Å²) in [5, 5.41) is 2.02. The molecule has 1 unspecified atom stereocenters. The Morgan fingerprint density at radius 1 is 1.22 bits per heavy atom. The van der Waals surface area contributed by atoms with Crippen LogP contribution in [-0.4, -0.2) is 12.0 Å². The zero-order valence-electron chi connectivity index (χ0n) is 11.7. The average molecular weight is 342 g/mol. The maximum atomic E-state index is 12.8. The molecule has 0 spiro atoms. The van der Waals surface area contributed by atoms with Crippen LogP contribution in [0.15, 0.2) is 42.5 Å². The van der Waals surface area contributed by atoms with Crippen LogP contribution in [0.4, 0.5) is 18.9 Å². The van der Waals surface area contributed by atoms with Gasteiger partial charge >= 0.3 is 6.18 Å². The summed E-state index contributed by atoms with van der Waals surface area (Å²) in [5.74, 6) is 0.108. The molecule has 23 heavy (non-hydrogen) atoms. The highest BCUT2D eigenvalue weighted by molar-refractivity contribution is 6.31. The van der Waals surface area contributed by atoms with Gasteiger partial charge in [0.15, 0.2) is 6.10 Å². The molecular formula is C16H11ClF3NO2. The van der Waals surface area contributed by atoms with Crippen molar-refractivity contribution >= 4 is 23.2 Å². The lowest BCUT2D eigenvalue weighted by atomic mass is 10.1. The number of anilines is 1. The topological polar surface area (TPSA) is 38.3 Å². The molecule has 120 valence electrons. The van der Waals surface area contributed by atoms with Crippen LogP contribution in [0, 0.1) is 0 Å². The maximum Gasteiger partial charge on any atom is 0.417 e. The molecule has 0 fully saturated rings. The van der Waals surface area contributed by atoms with Crippen LogP contribution in [0.1, 0.15) is 11.1 Å². The first-order chi connectivity index (χ1) is 10.8. The number of halogens is 4. The predicted octanol–water partition coefficient (Wildman–Crippen LogP) is 4.30. The number of carbonyl (C=O) groups excluding carboxylic acids is 1. The minimum Gasteiger partial charge on any atom is -0.480 e. The monoisotopic (exact) mass is 341 g/mol. The van der Waals surface area contributed by atoms with Crippen molar-refractivity contribution in [3.05, 3.63) is 58.6 Å². The smallest absolute Gasteiger partial charge is 0.417 e. The number of ether oxygens (including phenoxy) is 1. The predicted molar refractivity (Wildman–Crippen MR) is 79.6 cm³/mol. The lowest BCUT2D eigenvalue weighted by molar-refractivity contribution is -0.137. The van der Waals surface area contributed by atoms with Gasteiger partial charge in [0, 0.05) is 12.1 Å². The Morgan fingerprint density at radius 3 is 2.65 bits per heavy atom. The van der Waals surface area contributed by atoms with Crippen LogP contribution in [0.5, 0.6) is 5.75 Å². The van der Waals surface area contributed by atoms with Gasteiger partial charge in [-0.1, -0.05) is 29.8 Å². The number of amides is 1. The van der Waals surface area contributed by atoms with Crippen molar-refractivity contribution < 1.29 is 22.7 Å². The van der Waals surface area contributed by atoms with Crippen LogP contribution >= 0.6 is 11.6 Å². The SMILES string of the molecule is O=C(Nc1ccc(Cl)c(C(F)(F)F)c1)C1Cc2ccccc2O1. The summed E-state index contributed by atoms with van der Waals surface area (Å²) in [6, 6.07) is 10.4. The summed E-state index contributed by atoms with van der Waals surface area (Å²) >= 11 is 5.55. The standard InChI is InChI=1S/C16H11ClF3NO2/c17-12-6-5-10(8-11(12)16(18,19)20)21-15(22)14-7-9-3-1-2-4-13(9)23-14/h1-6,8,14H,7H2,(H,21,22). The van der Waals surface area contributed by atoms with Crippen molar-refractivity contribution in [2.75, 3.05) is 5.32 Å². The summed E-state index contributed by atoms with van der Waals surface area (Å²) in [5.41, 5.74) is -0.0846. The highest BCUT2D eigenvalue weighted by atomic mass is 35.5. The zero-order chi connectivity index (χ0) is 16.6. The van der Waals surface area contributed by atoms with E-state index in [4.69, 9.17) is 16.3 Å². The van der Waals surface area contributed by atoms with Gasteiger partial charge in [0.25, 0.3) is 5.91 Å². The van der Waals surface area contributed by atoms with Gasteiger partial charge in [-0.25, -0.2) is 0 Å². The molecule has 1 atom stereocenters. The fourth-order valence-electron chi connectivity index (χ4n) is 2.37. The maximum absolute atomic E-state index is 12.8. The Morgan fingerprint density at radius 2 is 1.96 bits per heavy atom. The molecule has 0 saturated carbocycles. The first-order valence-electron chi connectivity index (χ1n) is 6.77. The van der Waals surface area contributed by atoms with Crippen molar-refractivity contribution in [1.82, 2.24) is 0 Å². The Balaban J connectivity index is 1.75. The molecule has 1 aliphatic rings. The van der Waals surface area contributed by atoms with Crippen molar-refractivity contribution in [3.8, 4) is 5.75 Å². The van der Waals surface area contributed by atoms with Crippen LogP contribution in [0.2, 0.25) is 5.02 Å². The van der Waals surface area contributed by atoms with E-state index >= 15 is 0 Å². The summed E-state index contributed by atoms with van der Waals surface area (Å²) in [6.45, 7) is 0. The van der Waals surface area contributed by atoms with E-state index in [1.807, 2.05) is 12.1 Å². The third-order valence-corrected chi connectivity index (χ3v) is 3.81. The lowest BCUT2D eigenvalue weighted by Gasteiger charge is -2.14. The Labute approximate surface area is 135 Å². The first-order valence-corrected chi connectivity index (χ1v) is 7.14. The van der Waals surface area contributed by atoms with E-state index in [1.165, 1.54) is 6.07 Å². The molecule has 1 aliphatic heterocycles. The molecule has 2 aromatic rings. The number of para-hydroxylation sites is 1. The summed E-state index contributed by atoms with van der Waals surface area (Å²) in [6.07, 6.45) is -4.97. The van der Waals surface area contributed by atoms with Crippen LogP contribution in [-0.2, 0) is 17.4 Å². The van der Waals surface area contributed by atoms with Crippen LogP contribution < -0.4 is 10.1 Å². The van der Waals surface area contributed by atoms with E-state index in [1.54, 1.807) is 12.1 Å². The second-order valence-corrected chi connectivity index (χ2v) is 5.51. The lowest BCUT2D eigenvalue weighted by Crippen LogP contribution is -2.31. The number of alkyl halides is 3. The molecule has 0 aromatic heterocycles. The summed E-state index contributed by atoms with van der Waals surface area (Å²) < 4.78 is 44.0. The number of rotatable bonds is 2. The Hall–Kier alpha value is -2.21. The molecule has 0 aliphatic carbocycles. The fraction of sp³-hybridized carbons (Fsp3) is 0.188. The van der Waals surface area contributed by atoms with Gasteiger partial charge in [-0.2, -0.15) is 13.2 Å². The largest absolute Gasteiger partial charge is 0.480 e. The zero-order valence-corrected chi connectivity index (χ0v) is 12.4. The minimum absolute atomic E-state index is 0.0197. The van der Waals surface area contributed by atoms with Crippen molar-refractivity contribution in [2.24, 2.45) is 0 Å². The van der Waals surface area contributed by atoms with Gasteiger partial charge in [-0.3, -0.25) is 4.79 Å². The molecular weight excluding hydrogens is 331 g/mol. The van der Waals surface area contributed by atoms with Gasteiger partial charge in [0.05, 0.1) is 10.6 Å². The Bertz CT molecular complexity index is 736. The van der Waals surface area contributed by atoms with Crippen molar-refractivity contribution in [3.63, 3.8) is 0 Å². The fourth-order valence-corrected chi connectivity index (χ4v) is 2.60. The molecule has 1 heterocycles.